The van der Waals surface area contributed by atoms with E-state index in [1.807, 2.05) is 100 Å². The Labute approximate surface area is 508 Å². The summed E-state index contributed by atoms with van der Waals surface area (Å²) in [6.45, 7) is 42.0. The van der Waals surface area contributed by atoms with Crippen molar-refractivity contribution in [2.45, 2.75) is 176 Å². The molecule has 15 heteroatoms. The highest BCUT2D eigenvalue weighted by Crippen LogP contribution is 2.21. The number of carbonyl (C=O) groups is 3. The molecule has 0 aromatic heterocycles. The average molecular weight is 1250 g/mol. The van der Waals surface area contributed by atoms with E-state index in [0.717, 1.165) is 103 Å². The van der Waals surface area contributed by atoms with Crippen LogP contribution in [0.15, 0.2) is 121 Å². The standard InChI is InChI=1S/C24H32N2O2.C16H20N2.C10H20N2O2.C8H14Br2O2.C6H15N.C2H6/c1-24(2,3)28-23(27)22-14-15-25(18-20-10-6-4-7-11-20)16-17-26(22)19-21-12-8-5-9-13-21;1-3-7-15(8-4-1)13-17-11-12-18-14-16-9-5-2-6-10-16;1-10(2,3)14-9(13)8-4-5-11-6-7-12-8;1-8(2,3)12-7(11)6(10)4-5-9;1-4-7(5-2)6-3;1-2/h4-13,22H,14-19H2,1-3H3;1-10,17-18H,11-14H2;8,11-12H,4-7H2,1-3H3;6H,4-5H2,1-3H3;4-6H2,1-3H3;1-2H3. The largest absolute Gasteiger partial charge is 0.459 e. The number of rotatable bonds is 19. The summed E-state index contributed by atoms with van der Waals surface area (Å²) < 4.78 is 16.2. The van der Waals surface area contributed by atoms with Gasteiger partial charge in [-0.3, -0.25) is 24.2 Å². The van der Waals surface area contributed by atoms with Gasteiger partial charge in [0.1, 0.15) is 33.7 Å². The van der Waals surface area contributed by atoms with Crippen LogP contribution in [0.4, 0.5) is 0 Å². The molecule has 0 spiro atoms. The molecule has 0 amide bonds. The third kappa shape index (κ3) is 38.5. The van der Waals surface area contributed by atoms with Crippen molar-refractivity contribution in [3.05, 3.63) is 144 Å². The third-order valence-corrected chi connectivity index (χ3v) is 13.5. The second-order valence-corrected chi connectivity index (χ2v) is 24.5. The van der Waals surface area contributed by atoms with E-state index in [-0.39, 0.29) is 34.8 Å². The van der Waals surface area contributed by atoms with Gasteiger partial charge in [0.25, 0.3) is 0 Å². The smallest absolute Gasteiger partial charge is 0.323 e. The normalized spacial score (nSPS) is 16.2. The zero-order chi connectivity index (χ0) is 60.5. The molecule has 2 fully saturated rings. The summed E-state index contributed by atoms with van der Waals surface area (Å²) in [6.07, 6.45) is 2.33. The number of hydrogen-bond acceptors (Lipinski definition) is 13. The first kappa shape index (κ1) is 75.0. The lowest BCUT2D eigenvalue weighted by Gasteiger charge is -2.30. The molecule has 6 rings (SSSR count). The second kappa shape index (κ2) is 43.6. The lowest BCUT2D eigenvalue weighted by molar-refractivity contribution is -0.162. The van der Waals surface area contributed by atoms with E-state index in [1.54, 1.807) is 0 Å². The zero-order valence-corrected chi connectivity index (χ0v) is 55.4. The average Bonchev–Trinajstić information content (AvgIpc) is 3.84. The van der Waals surface area contributed by atoms with Gasteiger partial charge in [0, 0.05) is 77.3 Å². The van der Waals surface area contributed by atoms with Crippen molar-refractivity contribution in [3.8, 4) is 0 Å². The Bertz CT molecular complexity index is 2120. The number of ether oxygens (including phenoxy) is 3. The lowest BCUT2D eigenvalue weighted by atomic mass is 10.1. The van der Waals surface area contributed by atoms with Crippen molar-refractivity contribution in [2.75, 3.05) is 77.3 Å². The highest BCUT2D eigenvalue weighted by atomic mass is 79.9. The van der Waals surface area contributed by atoms with Gasteiger partial charge in [0.15, 0.2) is 0 Å². The fourth-order valence-electron chi connectivity index (χ4n) is 8.14. The van der Waals surface area contributed by atoms with Crippen molar-refractivity contribution in [3.63, 3.8) is 0 Å². The number of alkyl halides is 2. The molecule has 4 N–H and O–H groups in total. The molecule has 0 saturated carbocycles. The van der Waals surface area contributed by atoms with Gasteiger partial charge >= 0.3 is 17.9 Å². The van der Waals surface area contributed by atoms with Crippen LogP contribution in [0.5, 0.6) is 0 Å². The number of nitrogens with zero attached hydrogens (tertiary/aromatic N) is 3. The Morgan fingerprint density at radius 1 is 0.580 bits per heavy atom. The summed E-state index contributed by atoms with van der Waals surface area (Å²) in [5, 5.41) is 14.0. The molecule has 81 heavy (non-hydrogen) atoms. The molecule has 4 aromatic carbocycles. The number of benzene rings is 4. The monoisotopic (exact) mass is 1250 g/mol. The lowest BCUT2D eigenvalue weighted by Crippen LogP contribution is -2.44. The van der Waals surface area contributed by atoms with E-state index in [1.165, 1.54) is 41.9 Å². The van der Waals surface area contributed by atoms with Crippen LogP contribution in [-0.2, 0) is 54.8 Å². The van der Waals surface area contributed by atoms with Gasteiger partial charge in [-0.2, -0.15) is 0 Å². The minimum Gasteiger partial charge on any atom is -0.459 e. The molecule has 13 nitrogen and oxygen atoms in total. The molecule has 456 valence electrons. The van der Waals surface area contributed by atoms with Crippen LogP contribution in [0.1, 0.15) is 138 Å². The second-order valence-electron chi connectivity index (χ2n) is 22.6. The first-order valence-electron chi connectivity index (χ1n) is 29.6. The zero-order valence-electron chi connectivity index (χ0n) is 52.3. The van der Waals surface area contributed by atoms with Crippen LogP contribution in [0.3, 0.4) is 0 Å². The van der Waals surface area contributed by atoms with Gasteiger partial charge in [-0.1, -0.05) is 188 Å². The van der Waals surface area contributed by atoms with Crippen LogP contribution in [0, 0.1) is 0 Å². The third-order valence-electron chi connectivity index (χ3n) is 12.2. The molecular formula is C66H107Br2N7O6. The van der Waals surface area contributed by atoms with Crippen LogP contribution in [-0.4, -0.2) is 144 Å². The van der Waals surface area contributed by atoms with E-state index in [4.69, 9.17) is 14.2 Å². The van der Waals surface area contributed by atoms with Crippen LogP contribution in [0.2, 0.25) is 0 Å². The van der Waals surface area contributed by atoms with E-state index in [2.05, 4.69) is 186 Å². The van der Waals surface area contributed by atoms with E-state index < -0.39 is 16.8 Å². The van der Waals surface area contributed by atoms with Crippen molar-refractivity contribution in [1.29, 1.82) is 0 Å². The maximum atomic E-state index is 12.9. The predicted molar refractivity (Wildman–Crippen MR) is 346 cm³/mol. The Kier molecular flexibility index (Phi) is 40.4. The molecule has 3 atom stereocenters. The fourth-order valence-corrected chi connectivity index (χ4v) is 9.53. The summed E-state index contributed by atoms with van der Waals surface area (Å²) in [6, 6.07) is 41.5. The Hall–Kier alpha value is -4.03. The van der Waals surface area contributed by atoms with Gasteiger partial charge < -0.3 is 40.4 Å². The Morgan fingerprint density at radius 2 is 1.01 bits per heavy atom. The fraction of sp³-hybridized carbons (Fsp3) is 0.591. The predicted octanol–water partition coefficient (Wildman–Crippen LogP) is 12.2. The first-order valence-corrected chi connectivity index (χ1v) is 31.7. The number of carbonyl (C=O) groups excluding carboxylic acids is 3. The quantitative estimate of drug-likeness (QED) is 0.0307. The molecule has 2 aliphatic rings. The van der Waals surface area contributed by atoms with Gasteiger partial charge in [-0.25, -0.2) is 0 Å². The molecular weight excluding hydrogens is 1150 g/mol. The van der Waals surface area contributed by atoms with Gasteiger partial charge in [-0.05, 0) is 130 Å². The van der Waals surface area contributed by atoms with Crippen LogP contribution >= 0.6 is 31.9 Å². The minimum absolute atomic E-state index is 0.106. The number of esters is 3. The van der Waals surface area contributed by atoms with E-state index in [9.17, 15) is 14.4 Å². The molecule has 0 aliphatic carbocycles. The molecule has 2 saturated heterocycles. The van der Waals surface area contributed by atoms with Crippen LogP contribution < -0.4 is 21.3 Å². The number of halogens is 2. The van der Waals surface area contributed by atoms with Crippen molar-refractivity contribution >= 4 is 49.8 Å². The summed E-state index contributed by atoms with van der Waals surface area (Å²) in [5.41, 5.74) is 3.96. The number of nitrogens with one attached hydrogen (secondary N) is 4. The van der Waals surface area contributed by atoms with Gasteiger partial charge in [0.05, 0.1) is 0 Å². The number of hydrogen-bond donors (Lipinski definition) is 4. The highest BCUT2D eigenvalue weighted by molar-refractivity contribution is 9.10. The summed E-state index contributed by atoms with van der Waals surface area (Å²) in [4.78, 5) is 42.8. The molecule has 0 radical (unpaired) electrons. The van der Waals surface area contributed by atoms with Crippen LogP contribution in [0.25, 0.3) is 0 Å². The highest BCUT2D eigenvalue weighted by Gasteiger charge is 2.33. The Balaban J connectivity index is 0.000000539. The summed E-state index contributed by atoms with van der Waals surface area (Å²) >= 11 is 6.51. The minimum atomic E-state index is -0.467. The molecule has 3 unspecified atom stereocenters. The van der Waals surface area contributed by atoms with Crippen molar-refractivity contribution in [2.24, 2.45) is 0 Å². The topological polar surface area (TPSA) is 137 Å². The first-order chi connectivity index (χ1) is 38.6. The van der Waals surface area contributed by atoms with Crippen molar-refractivity contribution in [1.82, 2.24) is 36.0 Å². The summed E-state index contributed by atoms with van der Waals surface area (Å²) in [7, 11) is 0. The SMILES string of the molecule is CC.CC(C)(C)OC(=O)C(Br)CCBr.CC(C)(C)OC(=O)C1CCN(Cc2ccccc2)CCN1Cc1ccccc1.CC(C)(C)OC(=O)C1CCNCCN1.CCN(CC)CC.c1ccc(CNCCNCc2ccccc2)cc1. The molecule has 0 bridgehead atoms. The maximum Gasteiger partial charge on any atom is 0.323 e. The van der Waals surface area contributed by atoms with E-state index in [0.29, 0.717) is 0 Å². The van der Waals surface area contributed by atoms with Crippen molar-refractivity contribution < 1.29 is 28.6 Å². The van der Waals surface area contributed by atoms with E-state index >= 15 is 0 Å². The molecule has 4 aromatic rings. The Morgan fingerprint density at radius 3 is 1.43 bits per heavy atom. The molecule has 2 heterocycles. The summed E-state index contributed by atoms with van der Waals surface area (Å²) in [5.74, 6) is -0.437. The maximum absolute atomic E-state index is 12.9. The van der Waals surface area contributed by atoms with Gasteiger partial charge in [-0.15, -0.1) is 0 Å². The molecule has 2 aliphatic heterocycles. The van der Waals surface area contributed by atoms with Gasteiger partial charge in [0.2, 0.25) is 0 Å².